The number of phenols is 1. The van der Waals surface area contributed by atoms with Crippen molar-refractivity contribution in [3.63, 3.8) is 0 Å². The molecule has 2 amide bonds. The van der Waals surface area contributed by atoms with Crippen LogP contribution in [0.15, 0.2) is 47.4 Å². The van der Waals surface area contributed by atoms with Crippen LogP contribution in [-0.2, 0) is 9.59 Å². The number of carboxylic acids is 1. The van der Waals surface area contributed by atoms with Gasteiger partial charge in [0, 0.05) is 11.8 Å². The van der Waals surface area contributed by atoms with Crippen molar-refractivity contribution in [3.05, 3.63) is 64.3 Å². The Labute approximate surface area is 180 Å². The number of thiocarbonyl (C=S) groups is 1. The summed E-state index contributed by atoms with van der Waals surface area (Å²) >= 11 is 6.27. The lowest BCUT2D eigenvalue weighted by Crippen LogP contribution is -2.44. The minimum Gasteiger partial charge on any atom is -0.507 e. The van der Waals surface area contributed by atoms with Crippen LogP contribution >= 0.6 is 24.0 Å². The number of hydrogen-bond acceptors (Lipinski definition) is 6. The largest absolute Gasteiger partial charge is 0.507 e. The summed E-state index contributed by atoms with van der Waals surface area (Å²) in [6, 6.07) is 8.21. The number of carboxylic acid groups (broad SMARTS) is 1. The first-order chi connectivity index (χ1) is 14.2. The lowest BCUT2D eigenvalue weighted by Gasteiger charge is -2.22. The highest BCUT2D eigenvalue weighted by atomic mass is 32.2. The molecular weight excluding hydrogens is 431 g/mol. The quantitative estimate of drug-likeness (QED) is 0.477. The van der Waals surface area contributed by atoms with E-state index in [4.69, 9.17) is 17.3 Å². The van der Waals surface area contributed by atoms with Crippen molar-refractivity contribution in [2.45, 2.75) is 13.0 Å². The van der Waals surface area contributed by atoms with Gasteiger partial charge in [0.15, 0.2) is 0 Å². The van der Waals surface area contributed by atoms with E-state index >= 15 is 0 Å². The third-order valence-electron chi connectivity index (χ3n) is 4.25. The van der Waals surface area contributed by atoms with Gasteiger partial charge in [-0.15, -0.1) is 0 Å². The fourth-order valence-electron chi connectivity index (χ4n) is 2.68. The molecule has 0 unspecified atom stereocenters. The molecule has 3 rings (SSSR count). The van der Waals surface area contributed by atoms with Crippen LogP contribution in [0.1, 0.15) is 22.8 Å². The molecule has 0 spiro atoms. The highest BCUT2D eigenvalue weighted by Crippen LogP contribution is 2.34. The summed E-state index contributed by atoms with van der Waals surface area (Å²) < 4.78 is 13.2. The molecule has 2 aromatic carbocycles. The SMILES string of the molecule is C[C@@H](C(=O)Nc1ccc(C(=O)O)c(O)c1)N1C(=O)/C(=C\c2ccc(F)cc2)SC1=S. The number of aromatic carboxylic acids is 1. The number of hydrogen-bond donors (Lipinski definition) is 3. The summed E-state index contributed by atoms with van der Waals surface area (Å²) in [5.74, 6) is -3.23. The summed E-state index contributed by atoms with van der Waals surface area (Å²) in [7, 11) is 0. The van der Waals surface area contributed by atoms with Crippen molar-refractivity contribution in [3.8, 4) is 5.75 Å². The summed E-state index contributed by atoms with van der Waals surface area (Å²) in [5.41, 5.74) is 0.480. The van der Waals surface area contributed by atoms with Crippen LogP contribution in [-0.4, -0.2) is 43.3 Å². The maximum atomic E-state index is 13.1. The van der Waals surface area contributed by atoms with Crippen LogP contribution in [0.4, 0.5) is 10.1 Å². The van der Waals surface area contributed by atoms with Crippen LogP contribution in [0, 0.1) is 5.82 Å². The molecule has 30 heavy (non-hydrogen) atoms. The minimum atomic E-state index is -1.30. The number of carbonyl (C=O) groups is 3. The Morgan fingerprint density at radius 1 is 1.23 bits per heavy atom. The van der Waals surface area contributed by atoms with Gasteiger partial charge in [-0.3, -0.25) is 14.5 Å². The Balaban J connectivity index is 1.75. The Morgan fingerprint density at radius 3 is 2.50 bits per heavy atom. The molecule has 1 aliphatic rings. The molecule has 0 radical (unpaired) electrons. The van der Waals surface area contributed by atoms with Gasteiger partial charge in [0.1, 0.15) is 27.5 Å². The molecule has 0 bridgehead atoms. The highest BCUT2D eigenvalue weighted by Gasteiger charge is 2.38. The van der Waals surface area contributed by atoms with Gasteiger partial charge in [-0.05, 0) is 42.8 Å². The maximum absolute atomic E-state index is 13.1. The van der Waals surface area contributed by atoms with Crippen molar-refractivity contribution in [1.82, 2.24) is 4.90 Å². The van der Waals surface area contributed by atoms with E-state index < -0.39 is 35.4 Å². The number of anilines is 1. The first-order valence-corrected chi connectivity index (χ1v) is 9.79. The number of carbonyl (C=O) groups excluding carboxylic acids is 2. The molecule has 1 fully saturated rings. The van der Waals surface area contributed by atoms with Gasteiger partial charge in [-0.1, -0.05) is 36.1 Å². The summed E-state index contributed by atoms with van der Waals surface area (Å²) in [4.78, 5) is 37.8. The fraction of sp³-hybridized carbons (Fsp3) is 0.100. The van der Waals surface area contributed by atoms with E-state index in [9.17, 15) is 23.9 Å². The number of aromatic hydroxyl groups is 1. The van der Waals surface area contributed by atoms with Crippen LogP contribution in [0.5, 0.6) is 5.75 Å². The number of nitrogens with zero attached hydrogens (tertiary/aromatic N) is 1. The number of rotatable bonds is 5. The predicted molar refractivity (Wildman–Crippen MR) is 115 cm³/mol. The van der Waals surface area contributed by atoms with Gasteiger partial charge in [-0.2, -0.15) is 0 Å². The van der Waals surface area contributed by atoms with Gasteiger partial charge < -0.3 is 15.5 Å². The van der Waals surface area contributed by atoms with E-state index in [1.807, 2.05) is 0 Å². The first kappa shape index (κ1) is 21.5. The monoisotopic (exact) mass is 446 g/mol. The van der Waals surface area contributed by atoms with Crippen molar-refractivity contribution < 1.29 is 29.0 Å². The van der Waals surface area contributed by atoms with E-state index in [2.05, 4.69) is 5.32 Å². The summed E-state index contributed by atoms with van der Waals surface area (Å²) in [5, 5.41) is 21.2. The zero-order valence-electron chi connectivity index (χ0n) is 15.5. The summed E-state index contributed by atoms with van der Waals surface area (Å²) in [6.07, 6.45) is 1.56. The molecule has 0 aromatic heterocycles. The molecule has 1 aliphatic heterocycles. The van der Waals surface area contributed by atoms with Gasteiger partial charge in [0.2, 0.25) is 5.91 Å². The van der Waals surface area contributed by atoms with Crippen LogP contribution in [0.25, 0.3) is 6.08 Å². The van der Waals surface area contributed by atoms with E-state index in [0.717, 1.165) is 28.8 Å². The number of halogens is 1. The third kappa shape index (κ3) is 4.50. The standard InChI is InChI=1S/C20H15FN2O5S2/c1-10(17(25)22-13-6-7-14(19(27)28)15(24)9-13)23-18(26)16(30-20(23)29)8-11-2-4-12(21)5-3-11/h2-10,24H,1H3,(H,22,25)(H,27,28)/b16-8+/t10-/m0/s1. The Bertz CT molecular complexity index is 1090. The second-order valence-electron chi connectivity index (χ2n) is 6.31. The number of amides is 2. The van der Waals surface area contributed by atoms with Crippen LogP contribution in [0.2, 0.25) is 0 Å². The fourth-order valence-corrected chi connectivity index (χ4v) is 4.10. The second-order valence-corrected chi connectivity index (χ2v) is 7.98. The lowest BCUT2D eigenvalue weighted by atomic mass is 10.1. The minimum absolute atomic E-state index is 0.168. The molecule has 1 heterocycles. The van der Waals surface area contributed by atoms with Gasteiger partial charge >= 0.3 is 5.97 Å². The number of nitrogens with one attached hydrogen (secondary N) is 1. The van der Waals surface area contributed by atoms with E-state index in [1.54, 1.807) is 6.08 Å². The van der Waals surface area contributed by atoms with E-state index in [1.165, 1.54) is 37.3 Å². The Morgan fingerprint density at radius 2 is 1.90 bits per heavy atom. The zero-order valence-corrected chi connectivity index (χ0v) is 17.1. The Hall–Kier alpha value is -3.24. The normalized spacial score (nSPS) is 16.1. The maximum Gasteiger partial charge on any atom is 0.339 e. The third-order valence-corrected chi connectivity index (χ3v) is 5.58. The molecule has 3 N–H and O–H groups in total. The lowest BCUT2D eigenvalue weighted by molar-refractivity contribution is -0.129. The van der Waals surface area contributed by atoms with Crippen molar-refractivity contribution in [2.75, 3.05) is 5.32 Å². The smallest absolute Gasteiger partial charge is 0.339 e. The predicted octanol–water partition coefficient (Wildman–Crippen LogP) is 3.46. The molecule has 10 heteroatoms. The second kappa shape index (κ2) is 8.64. The van der Waals surface area contributed by atoms with E-state index in [0.29, 0.717) is 10.5 Å². The topological polar surface area (TPSA) is 107 Å². The van der Waals surface area contributed by atoms with Crippen molar-refractivity contribution >= 4 is 57.8 Å². The van der Waals surface area contributed by atoms with Gasteiger partial charge in [0.05, 0.1) is 4.91 Å². The molecule has 154 valence electrons. The molecule has 1 saturated heterocycles. The highest BCUT2D eigenvalue weighted by molar-refractivity contribution is 8.26. The molecule has 0 aliphatic carbocycles. The molecule has 2 aromatic rings. The first-order valence-electron chi connectivity index (χ1n) is 8.57. The van der Waals surface area contributed by atoms with E-state index in [-0.39, 0.29) is 15.6 Å². The van der Waals surface area contributed by atoms with Gasteiger partial charge in [0.25, 0.3) is 5.91 Å². The van der Waals surface area contributed by atoms with Crippen molar-refractivity contribution in [2.24, 2.45) is 0 Å². The number of thioether (sulfide) groups is 1. The average molecular weight is 446 g/mol. The number of benzene rings is 2. The van der Waals surface area contributed by atoms with Gasteiger partial charge in [-0.25, -0.2) is 9.18 Å². The van der Waals surface area contributed by atoms with Crippen molar-refractivity contribution in [1.29, 1.82) is 0 Å². The molecule has 1 atom stereocenters. The summed E-state index contributed by atoms with van der Waals surface area (Å²) in [6.45, 7) is 1.49. The Kier molecular flexibility index (Phi) is 6.18. The van der Waals surface area contributed by atoms with Crippen LogP contribution < -0.4 is 5.32 Å². The molecule has 7 nitrogen and oxygen atoms in total. The molecular formula is C20H15FN2O5S2. The zero-order chi connectivity index (χ0) is 22.0. The van der Waals surface area contributed by atoms with Crippen LogP contribution in [0.3, 0.4) is 0 Å². The molecule has 0 saturated carbocycles. The average Bonchev–Trinajstić information content (AvgIpc) is 2.96.